The van der Waals surface area contributed by atoms with E-state index in [2.05, 4.69) is 205 Å². The van der Waals surface area contributed by atoms with Gasteiger partial charge in [-0.15, -0.1) is 0 Å². The molecule has 9 rings (SSSR count). The molecule has 48 heavy (non-hydrogen) atoms. The molecule has 1 heteroatoms. The quantitative estimate of drug-likeness (QED) is 0.181. The van der Waals surface area contributed by atoms with Crippen LogP contribution < -0.4 is 4.90 Å². The lowest BCUT2D eigenvalue weighted by Gasteiger charge is -2.34. The van der Waals surface area contributed by atoms with E-state index in [1.807, 2.05) is 0 Å². The maximum Gasteiger partial charge on any atom is 0.0714 e. The highest BCUT2D eigenvalue weighted by Crippen LogP contribution is 2.58. The Balaban J connectivity index is 1.24. The highest BCUT2D eigenvalue weighted by molar-refractivity contribution is 6.04. The molecule has 0 saturated heterocycles. The maximum atomic E-state index is 2.45. The van der Waals surface area contributed by atoms with Crippen molar-refractivity contribution in [3.8, 4) is 22.3 Å². The summed E-state index contributed by atoms with van der Waals surface area (Å²) in [5, 5.41) is 2.56. The first-order chi connectivity index (χ1) is 23.8. The molecule has 0 heterocycles. The van der Waals surface area contributed by atoms with Gasteiger partial charge in [0, 0.05) is 17.1 Å². The van der Waals surface area contributed by atoms with Gasteiger partial charge in [0.25, 0.3) is 0 Å². The van der Waals surface area contributed by atoms with Crippen LogP contribution in [-0.4, -0.2) is 0 Å². The van der Waals surface area contributed by atoms with Gasteiger partial charge in [0.15, 0.2) is 0 Å². The van der Waals surface area contributed by atoms with Crippen molar-refractivity contribution in [3.05, 3.63) is 222 Å². The minimum absolute atomic E-state index is 0.454. The Labute approximate surface area is 282 Å². The van der Waals surface area contributed by atoms with E-state index in [4.69, 9.17) is 0 Å². The zero-order valence-electron chi connectivity index (χ0n) is 26.5. The lowest BCUT2D eigenvalue weighted by Crippen LogP contribution is -2.28. The van der Waals surface area contributed by atoms with Gasteiger partial charge in [-0.25, -0.2) is 0 Å². The van der Waals surface area contributed by atoms with Crippen LogP contribution in [0.15, 0.2) is 200 Å². The predicted octanol–water partition coefficient (Wildman–Crippen LogP) is 12.3. The average Bonchev–Trinajstić information content (AvgIpc) is 3.48. The van der Waals surface area contributed by atoms with Gasteiger partial charge in [0.1, 0.15) is 0 Å². The molecule has 1 nitrogen and oxygen atoms in total. The second-order valence-corrected chi connectivity index (χ2v) is 12.5. The number of hydrogen-bond acceptors (Lipinski definition) is 1. The van der Waals surface area contributed by atoms with Crippen molar-refractivity contribution in [1.29, 1.82) is 0 Å². The fraction of sp³-hybridized carbons (Fsp3) is 0.0213. The summed E-state index contributed by atoms with van der Waals surface area (Å²) in [5.41, 5.74) is 13.2. The number of rotatable bonds is 6. The van der Waals surface area contributed by atoms with Crippen LogP contribution in [0, 0.1) is 0 Å². The molecule has 0 amide bonds. The molecule has 0 aromatic heterocycles. The van der Waals surface area contributed by atoms with E-state index in [-0.39, 0.29) is 0 Å². The Morgan fingerprint density at radius 3 is 1.46 bits per heavy atom. The molecule has 0 bridgehead atoms. The fourth-order valence-corrected chi connectivity index (χ4v) is 7.84. The normalized spacial score (nSPS) is 12.8. The van der Waals surface area contributed by atoms with Crippen LogP contribution >= 0.6 is 0 Å². The van der Waals surface area contributed by atoms with E-state index in [1.54, 1.807) is 0 Å². The number of benzene rings is 8. The van der Waals surface area contributed by atoms with Crippen molar-refractivity contribution in [2.24, 2.45) is 0 Å². The van der Waals surface area contributed by atoms with Crippen LogP contribution in [0.5, 0.6) is 0 Å². The molecule has 0 radical (unpaired) electrons. The van der Waals surface area contributed by atoms with Crippen molar-refractivity contribution >= 4 is 27.8 Å². The van der Waals surface area contributed by atoms with E-state index in [1.165, 1.54) is 55.3 Å². The monoisotopic (exact) mass is 611 g/mol. The van der Waals surface area contributed by atoms with Gasteiger partial charge < -0.3 is 4.90 Å². The zero-order chi connectivity index (χ0) is 31.9. The average molecular weight is 612 g/mol. The van der Waals surface area contributed by atoms with Gasteiger partial charge in [-0.3, -0.25) is 0 Å². The zero-order valence-corrected chi connectivity index (χ0v) is 26.5. The molecular formula is C47H33N. The Bertz CT molecular complexity index is 2280. The van der Waals surface area contributed by atoms with Gasteiger partial charge in [0.2, 0.25) is 0 Å². The molecule has 0 spiro atoms. The number of hydrogen-bond donors (Lipinski definition) is 0. The topological polar surface area (TPSA) is 3.24 Å². The smallest absolute Gasteiger partial charge is 0.0714 e. The van der Waals surface area contributed by atoms with Gasteiger partial charge in [0.05, 0.1) is 5.41 Å². The molecule has 0 atom stereocenters. The molecule has 8 aromatic rings. The number of anilines is 3. The maximum absolute atomic E-state index is 2.45. The van der Waals surface area contributed by atoms with Gasteiger partial charge in [-0.2, -0.15) is 0 Å². The summed E-state index contributed by atoms with van der Waals surface area (Å²) < 4.78 is 0. The number of fused-ring (bicyclic) bond motifs is 5. The van der Waals surface area contributed by atoms with Crippen LogP contribution in [-0.2, 0) is 5.41 Å². The Morgan fingerprint density at radius 1 is 0.354 bits per heavy atom. The lowest BCUT2D eigenvalue weighted by molar-refractivity contribution is 0.769. The third kappa shape index (κ3) is 4.40. The van der Waals surface area contributed by atoms with E-state index < -0.39 is 5.41 Å². The summed E-state index contributed by atoms with van der Waals surface area (Å²) in [6.45, 7) is 0. The van der Waals surface area contributed by atoms with Gasteiger partial charge in [-0.05, 0) is 97.7 Å². The molecule has 0 fully saturated rings. The lowest BCUT2D eigenvalue weighted by atomic mass is 9.67. The molecular weight excluding hydrogens is 579 g/mol. The Kier molecular flexibility index (Phi) is 6.76. The molecule has 0 N–H and O–H groups in total. The molecule has 226 valence electrons. The summed E-state index contributed by atoms with van der Waals surface area (Å²) in [6.07, 6.45) is 0. The summed E-state index contributed by atoms with van der Waals surface area (Å²) in [7, 11) is 0. The molecule has 0 aliphatic heterocycles. The predicted molar refractivity (Wildman–Crippen MR) is 201 cm³/mol. The van der Waals surface area contributed by atoms with E-state index in [0.717, 1.165) is 17.1 Å². The minimum Gasteiger partial charge on any atom is -0.311 e. The molecule has 8 aromatic carbocycles. The molecule has 1 aliphatic carbocycles. The van der Waals surface area contributed by atoms with Crippen molar-refractivity contribution in [1.82, 2.24) is 0 Å². The standard InChI is InChI=1S/C47H33N/c1-5-16-37(17-6-1)47(38-18-7-2-8-19-38)44-32-28-35-15-13-14-24-42(35)46(44)43-31-27-36(33-45(43)47)34-25-29-41(30-26-34)48(39-20-9-3-10-21-39)40-22-11-4-12-23-40/h1-33H. The third-order valence-corrected chi connectivity index (χ3v) is 9.93. The first-order valence-electron chi connectivity index (χ1n) is 16.6. The van der Waals surface area contributed by atoms with Crippen molar-refractivity contribution in [2.75, 3.05) is 4.90 Å². The van der Waals surface area contributed by atoms with E-state index >= 15 is 0 Å². The van der Waals surface area contributed by atoms with Crippen LogP contribution in [0.1, 0.15) is 22.3 Å². The molecule has 0 unspecified atom stereocenters. The van der Waals surface area contributed by atoms with E-state index in [0.29, 0.717) is 0 Å². The van der Waals surface area contributed by atoms with Crippen molar-refractivity contribution in [3.63, 3.8) is 0 Å². The van der Waals surface area contributed by atoms with Crippen LogP contribution in [0.25, 0.3) is 33.0 Å². The summed E-state index contributed by atoms with van der Waals surface area (Å²) in [5.74, 6) is 0. The second-order valence-electron chi connectivity index (χ2n) is 12.5. The first kappa shape index (κ1) is 28.1. The van der Waals surface area contributed by atoms with Crippen LogP contribution in [0.3, 0.4) is 0 Å². The SMILES string of the molecule is c1ccc(N(c2ccccc2)c2ccc(-c3ccc4c(c3)C(c3ccccc3)(c3ccccc3)c3ccc5ccccc5c3-4)cc2)cc1. The highest BCUT2D eigenvalue weighted by atomic mass is 15.1. The third-order valence-electron chi connectivity index (χ3n) is 9.93. The number of nitrogens with zero attached hydrogens (tertiary/aromatic N) is 1. The summed E-state index contributed by atoms with van der Waals surface area (Å²) >= 11 is 0. The summed E-state index contributed by atoms with van der Waals surface area (Å²) in [6, 6.07) is 72.9. The van der Waals surface area contributed by atoms with Crippen LogP contribution in [0.4, 0.5) is 17.1 Å². The minimum atomic E-state index is -0.454. The van der Waals surface area contributed by atoms with E-state index in [9.17, 15) is 0 Å². The Hall–Kier alpha value is -6.18. The van der Waals surface area contributed by atoms with Crippen LogP contribution in [0.2, 0.25) is 0 Å². The highest BCUT2D eigenvalue weighted by Gasteiger charge is 2.46. The van der Waals surface area contributed by atoms with Gasteiger partial charge in [-0.1, -0.05) is 158 Å². The van der Waals surface area contributed by atoms with Crippen molar-refractivity contribution < 1.29 is 0 Å². The molecule has 0 saturated carbocycles. The number of para-hydroxylation sites is 2. The summed E-state index contributed by atoms with van der Waals surface area (Å²) in [4.78, 5) is 2.31. The first-order valence-corrected chi connectivity index (χ1v) is 16.6. The Morgan fingerprint density at radius 2 is 0.854 bits per heavy atom. The fourth-order valence-electron chi connectivity index (χ4n) is 7.84. The van der Waals surface area contributed by atoms with Crippen molar-refractivity contribution in [2.45, 2.75) is 5.41 Å². The molecule has 1 aliphatic rings. The van der Waals surface area contributed by atoms with Gasteiger partial charge >= 0.3 is 0 Å². The largest absolute Gasteiger partial charge is 0.311 e. The second kappa shape index (κ2) is 11.6.